The summed E-state index contributed by atoms with van der Waals surface area (Å²) in [6.45, 7) is 1.55. The van der Waals surface area contributed by atoms with Crippen LogP contribution in [0.25, 0.3) is 11.8 Å². The highest BCUT2D eigenvalue weighted by atomic mass is 19.2. The van der Waals surface area contributed by atoms with Crippen molar-refractivity contribution in [2.24, 2.45) is 11.3 Å². The number of carbonyl (C=O) groups is 1. The molecule has 3 aromatic rings. The summed E-state index contributed by atoms with van der Waals surface area (Å²) >= 11 is 0. The van der Waals surface area contributed by atoms with Crippen LogP contribution < -0.4 is 0 Å². The lowest BCUT2D eigenvalue weighted by Crippen LogP contribution is -2.43. The van der Waals surface area contributed by atoms with E-state index in [-0.39, 0.29) is 37.0 Å². The Morgan fingerprint density at radius 2 is 1.86 bits per heavy atom. The molecular formula is C27H25F4N3O2. The van der Waals surface area contributed by atoms with E-state index in [2.05, 4.69) is 5.10 Å². The lowest BCUT2D eigenvalue weighted by molar-refractivity contribution is -0.139. The van der Waals surface area contributed by atoms with Crippen LogP contribution in [0.15, 0.2) is 48.2 Å². The molecule has 2 atom stereocenters. The first-order valence-electron chi connectivity index (χ1n) is 11.8. The van der Waals surface area contributed by atoms with Crippen LogP contribution in [0.5, 0.6) is 0 Å². The van der Waals surface area contributed by atoms with Crippen LogP contribution in [0.4, 0.5) is 17.6 Å². The van der Waals surface area contributed by atoms with Gasteiger partial charge in [-0.15, -0.1) is 0 Å². The molecule has 0 spiro atoms. The number of halogens is 4. The van der Waals surface area contributed by atoms with Crippen LogP contribution in [0.1, 0.15) is 36.6 Å². The largest absolute Gasteiger partial charge is 0.395 e. The zero-order valence-corrected chi connectivity index (χ0v) is 19.6. The van der Waals surface area contributed by atoms with Crippen molar-refractivity contribution < 1.29 is 27.5 Å². The summed E-state index contributed by atoms with van der Waals surface area (Å²) in [5, 5.41) is 14.1. The third-order valence-electron chi connectivity index (χ3n) is 7.43. The normalized spacial score (nSPS) is 20.6. The minimum absolute atomic E-state index is 0.0151. The number of fused-ring (bicyclic) bond motifs is 2. The molecule has 188 valence electrons. The molecule has 2 aliphatic rings. The van der Waals surface area contributed by atoms with Gasteiger partial charge in [0.2, 0.25) is 5.91 Å². The first-order valence-corrected chi connectivity index (χ1v) is 11.8. The number of aromatic nitrogens is 2. The van der Waals surface area contributed by atoms with Crippen LogP contribution in [-0.2, 0) is 17.8 Å². The minimum Gasteiger partial charge on any atom is -0.395 e. The topological polar surface area (TPSA) is 58.4 Å². The van der Waals surface area contributed by atoms with E-state index >= 15 is 0 Å². The van der Waals surface area contributed by atoms with Crippen molar-refractivity contribution in [3.05, 3.63) is 88.3 Å². The second kappa shape index (κ2) is 9.20. The molecule has 0 saturated heterocycles. The van der Waals surface area contributed by atoms with E-state index in [0.29, 0.717) is 19.3 Å². The van der Waals surface area contributed by atoms with E-state index in [9.17, 15) is 27.5 Å². The summed E-state index contributed by atoms with van der Waals surface area (Å²) in [7, 11) is 0. The Bertz CT molecular complexity index is 1330. The van der Waals surface area contributed by atoms with Gasteiger partial charge in [-0.05, 0) is 72.9 Å². The lowest BCUT2D eigenvalue weighted by Gasteiger charge is -2.37. The Morgan fingerprint density at radius 3 is 2.53 bits per heavy atom. The molecule has 1 saturated carbocycles. The average molecular weight is 500 g/mol. The lowest BCUT2D eigenvalue weighted by atomic mass is 9.69. The molecule has 1 heterocycles. The predicted octanol–water partition coefficient (Wildman–Crippen LogP) is 4.81. The van der Waals surface area contributed by atoms with Crippen LogP contribution in [0.3, 0.4) is 0 Å². The Hall–Kier alpha value is -3.46. The molecule has 1 amide bonds. The van der Waals surface area contributed by atoms with Gasteiger partial charge < -0.3 is 10.0 Å². The number of hydrogen-bond donors (Lipinski definition) is 1. The minimum atomic E-state index is -1.56. The summed E-state index contributed by atoms with van der Waals surface area (Å²) in [6.07, 6.45) is 5.64. The summed E-state index contributed by atoms with van der Waals surface area (Å²) in [4.78, 5) is 15.1. The number of nitrogens with zero attached hydrogens (tertiary/aromatic N) is 3. The van der Waals surface area contributed by atoms with Gasteiger partial charge in [0.05, 0.1) is 24.2 Å². The van der Waals surface area contributed by atoms with Gasteiger partial charge in [-0.2, -0.15) is 5.10 Å². The van der Waals surface area contributed by atoms with Crippen molar-refractivity contribution in [2.75, 3.05) is 13.2 Å². The Kier molecular flexibility index (Phi) is 6.20. The van der Waals surface area contributed by atoms with Gasteiger partial charge in [0, 0.05) is 24.4 Å². The van der Waals surface area contributed by atoms with E-state index in [1.54, 1.807) is 23.0 Å². The summed E-state index contributed by atoms with van der Waals surface area (Å²) < 4.78 is 56.0. The van der Waals surface area contributed by atoms with Gasteiger partial charge in [-0.25, -0.2) is 22.2 Å². The molecule has 0 unspecified atom stereocenters. The number of benzene rings is 2. The number of aliphatic hydroxyl groups excluding tert-OH is 1. The first-order chi connectivity index (χ1) is 17.2. The van der Waals surface area contributed by atoms with Crippen LogP contribution in [0.2, 0.25) is 0 Å². The Morgan fingerprint density at radius 1 is 1.17 bits per heavy atom. The van der Waals surface area contributed by atoms with E-state index < -0.39 is 28.8 Å². The third-order valence-corrected chi connectivity index (χ3v) is 7.43. The molecule has 9 heteroatoms. The molecule has 5 rings (SSSR count). The van der Waals surface area contributed by atoms with Crippen molar-refractivity contribution in [3.63, 3.8) is 0 Å². The SMILES string of the molecule is C[C@]12Cc3cnn(-c4ccc(F)cc4)c3C=C1CC[C@@H]2C(=O)N(CCO)Cc1cc(F)c(F)c(F)c1. The van der Waals surface area contributed by atoms with E-state index in [1.807, 2.05) is 13.0 Å². The third kappa shape index (κ3) is 4.11. The molecule has 0 radical (unpaired) electrons. The van der Waals surface area contributed by atoms with Crippen molar-refractivity contribution in [3.8, 4) is 5.69 Å². The summed E-state index contributed by atoms with van der Waals surface area (Å²) in [5.41, 5.74) is 3.30. The highest BCUT2D eigenvalue weighted by Gasteiger charge is 2.49. The fourth-order valence-corrected chi connectivity index (χ4v) is 5.56. The number of aliphatic hydroxyl groups is 1. The number of rotatable bonds is 6. The Labute approximate surface area is 205 Å². The fraction of sp³-hybridized carbons (Fsp3) is 0.333. The first kappa shape index (κ1) is 24.2. The fourth-order valence-electron chi connectivity index (χ4n) is 5.56. The number of carbonyl (C=O) groups excluding carboxylic acids is 1. The number of amides is 1. The van der Waals surface area contributed by atoms with Gasteiger partial charge in [-0.1, -0.05) is 12.5 Å². The molecule has 0 bridgehead atoms. The quantitative estimate of drug-likeness (QED) is 0.392. The number of allylic oxidation sites excluding steroid dienone is 1. The van der Waals surface area contributed by atoms with E-state index in [1.165, 1.54) is 17.0 Å². The van der Waals surface area contributed by atoms with Crippen molar-refractivity contribution in [1.29, 1.82) is 0 Å². The molecule has 36 heavy (non-hydrogen) atoms. The maximum atomic E-state index is 13.7. The molecule has 1 aromatic heterocycles. The highest BCUT2D eigenvalue weighted by molar-refractivity contribution is 5.82. The van der Waals surface area contributed by atoms with Gasteiger partial charge in [0.1, 0.15) is 5.82 Å². The monoisotopic (exact) mass is 499 g/mol. The summed E-state index contributed by atoms with van der Waals surface area (Å²) in [6, 6.07) is 7.81. The van der Waals surface area contributed by atoms with Crippen LogP contribution >= 0.6 is 0 Å². The van der Waals surface area contributed by atoms with Crippen molar-refractivity contribution >= 4 is 12.0 Å². The van der Waals surface area contributed by atoms with E-state index in [4.69, 9.17) is 0 Å². The zero-order chi connectivity index (χ0) is 25.6. The predicted molar refractivity (Wildman–Crippen MR) is 125 cm³/mol. The van der Waals surface area contributed by atoms with Crippen LogP contribution in [0, 0.1) is 34.6 Å². The molecule has 1 fully saturated rings. The van der Waals surface area contributed by atoms with Crippen molar-refractivity contribution in [1.82, 2.24) is 14.7 Å². The standard InChI is InChI=1S/C27H25F4N3O2/c1-27-13-17-14-32-34(20-5-3-19(28)4-6-20)24(17)12-18(27)2-7-21(27)26(36)33(8-9-35)15-16-10-22(29)25(31)23(30)11-16/h3-6,10-12,14,21,35H,2,7-9,13,15H2,1H3/t21-,27+/m1/s1. The van der Waals surface area contributed by atoms with Gasteiger partial charge in [0.25, 0.3) is 0 Å². The smallest absolute Gasteiger partial charge is 0.226 e. The molecule has 2 aromatic carbocycles. The average Bonchev–Trinajstić information content (AvgIpc) is 3.40. The molecule has 1 N–H and O–H groups in total. The Balaban J connectivity index is 1.42. The van der Waals surface area contributed by atoms with Crippen molar-refractivity contribution in [2.45, 2.75) is 32.7 Å². The van der Waals surface area contributed by atoms with Gasteiger partial charge in [0.15, 0.2) is 17.5 Å². The highest BCUT2D eigenvalue weighted by Crippen LogP contribution is 2.53. The molecule has 5 nitrogen and oxygen atoms in total. The van der Waals surface area contributed by atoms with Gasteiger partial charge in [-0.3, -0.25) is 4.79 Å². The van der Waals surface area contributed by atoms with Crippen LogP contribution in [-0.4, -0.2) is 38.8 Å². The summed E-state index contributed by atoms with van der Waals surface area (Å²) in [5.74, 6) is -5.17. The molecule has 0 aliphatic heterocycles. The molecular weight excluding hydrogens is 474 g/mol. The second-order valence-electron chi connectivity index (χ2n) is 9.66. The van der Waals surface area contributed by atoms with E-state index in [0.717, 1.165) is 34.7 Å². The van der Waals surface area contributed by atoms with Gasteiger partial charge >= 0.3 is 0 Å². The molecule has 2 aliphatic carbocycles. The maximum absolute atomic E-state index is 13.7. The maximum Gasteiger partial charge on any atom is 0.226 e. The zero-order valence-electron chi connectivity index (χ0n) is 19.6. The number of hydrogen-bond acceptors (Lipinski definition) is 3. The second-order valence-corrected chi connectivity index (χ2v) is 9.66.